The van der Waals surface area contributed by atoms with Gasteiger partial charge in [-0.15, -0.1) is 11.3 Å². The molecule has 2 aromatic rings. The Balaban J connectivity index is 1.48. The number of aromatic nitrogens is 1. The Labute approximate surface area is 232 Å². The molecular formula is C25H24ClFN4O6S2. The van der Waals surface area contributed by atoms with Crippen LogP contribution in [0.1, 0.15) is 35.9 Å². The van der Waals surface area contributed by atoms with E-state index in [-0.39, 0.29) is 41.6 Å². The first kappa shape index (κ1) is 27.4. The van der Waals surface area contributed by atoms with Crippen molar-refractivity contribution in [1.29, 1.82) is 0 Å². The number of hydrogen-bond acceptors (Lipinski definition) is 9. The molecule has 0 spiro atoms. The number of carbonyl (C=O) groups is 2. The summed E-state index contributed by atoms with van der Waals surface area (Å²) in [5.74, 6) is -2.13. The van der Waals surface area contributed by atoms with E-state index in [0.29, 0.717) is 34.9 Å². The number of aliphatic carboxylic acids is 1. The van der Waals surface area contributed by atoms with Crippen LogP contribution in [0.4, 0.5) is 4.39 Å². The number of carbonyl (C=O) groups excluding carboxylic acids is 1. The molecule has 2 atom stereocenters. The SMILES string of the molecule is COC(=O)C1=C(C2CCN(S(=O)(=O)[C@H]3C=C(C(=O)O)C3)CC2)NC(c2nccs2)=N[C@H]1c1ccc(F)cc1Cl. The maximum Gasteiger partial charge on any atom is 0.338 e. The number of rotatable bonds is 7. The number of sulfonamides is 1. The van der Waals surface area contributed by atoms with E-state index < -0.39 is 39.1 Å². The van der Waals surface area contributed by atoms with Gasteiger partial charge in [0.2, 0.25) is 10.0 Å². The first-order valence-corrected chi connectivity index (χ1v) is 14.8. The molecule has 3 aliphatic rings. The van der Waals surface area contributed by atoms with Crippen LogP contribution in [0.3, 0.4) is 0 Å². The number of nitrogens with zero attached hydrogens (tertiary/aromatic N) is 3. The summed E-state index contributed by atoms with van der Waals surface area (Å²) in [4.78, 5) is 33.3. The molecule has 5 rings (SSSR count). The quantitative estimate of drug-likeness (QED) is 0.466. The molecule has 0 amide bonds. The second kappa shape index (κ2) is 10.8. The third-order valence-corrected chi connectivity index (χ3v) is 10.3. The van der Waals surface area contributed by atoms with Crippen LogP contribution in [0.15, 0.2) is 57.7 Å². The van der Waals surface area contributed by atoms with E-state index in [1.54, 1.807) is 11.6 Å². The van der Waals surface area contributed by atoms with Gasteiger partial charge in [0.15, 0.2) is 10.8 Å². The molecule has 0 radical (unpaired) electrons. The Morgan fingerprint density at radius 3 is 2.59 bits per heavy atom. The predicted octanol–water partition coefficient (Wildman–Crippen LogP) is 3.28. The van der Waals surface area contributed by atoms with Gasteiger partial charge in [-0.2, -0.15) is 0 Å². The molecule has 1 saturated heterocycles. The van der Waals surface area contributed by atoms with Gasteiger partial charge in [-0.05, 0) is 25.0 Å². The second-order valence-electron chi connectivity index (χ2n) is 9.29. The summed E-state index contributed by atoms with van der Waals surface area (Å²) in [6, 6.07) is 2.96. The van der Waals surface area contributed by atoms with Crippen LogP contribution < -0.4 is 5.32 Å². The Kier molecular flexibility index (Phi) is 7.60. The molecule has 1 aromatic carbocycles. The average Bonchev–Trinajstić information content (AvgIpc) is 3.41. The van der Waals surface area contributed by atoms with E-state index >= 15 is 0 Å². The van der Waals surface area contributed by atoms with Crippen molar-refractivity contribution < 1.29 is 32.2 Å². The number of allylic oxidation sites excluding steroid dienone is 1. The highest BCUT2D eigenvalue weighted by Gasteiger charge is 2.42. The number of carboxylic acids is 1. The third kappa shape index (κ3) is 5.23. The standard InChI is InChI=1S/C25H24ClFN4O6S2/c1-37-25(34)19-20(13-4-7-31(8-5-13)39(35,36)16-10-14(11-16)24(32)33)29-22(23-28-6-9-38-23)30-21(19)17-3-2-15(27)12-18(17)26/h2-3,6,9-10,12-13,16,21H,4-5,7-8,11H2,1H3,(H,29,30)(H,32,33)/t16-,21-/m0/s1. The van der Waals surface area contributed by atoms with Crippen molar-refractivity contribution in [3.8, 4) is 0 Å². The fourth-order valence-electron chi connectivity index (χ4n) is 4.97. The van der Waals surface area contributed by atoms with Crippen molar-refractivity contribution >= 4 is 50.7 Å². The van der Waals surface area contributed by atoms with Gasteiger partial charge in [-0.3, -0.25) is 4.99 Å². The molecule has 206 valence electrons. The van der Waals surface area contributed by atoms with Gasteiger partial charge in [0.1, 0.15) is 11.9 Å². The van der Waals surface area contributed by atoms with Crippen molar-refractivity contribution in [3.05, 3.63) is 74.1 Å². The van der Waals surface area contributed by atoms with Gasteiger partial charge in [-0.1, -0.05) is 23.7 Å². The average molecular weight is 595 g/mol. The number of esters is 1. The van der Waals surface area contributed by atoms with Crippen LogP contribution in [0.5, 0.6) is 0 Å². The van der Waals surface area contributed by atoms with Crippen LogP contribution in [0.25, 0.3) is 0 Å². The number of nitrogens with one attached hydrogen (secondary N) is 1. The van der Waals surface area contributed by atoms with Gasteiger partial charge < -0.3 is 15.2 Å². The monoisotopic (exact) mass is 594 g/mol. The first-order valence-electron chi connectivity index (χ1n) is 12.0. The molecule has 0 saturated carbocycles. The number of benzene rings is 1. The fraction of sp³-hybridized carbons (Fsp3) is 0.360. The minimum absolute atomic E-state index is 0.0233. The zero-order valence-corrected chi connectivity index (χ0v) is 23.0. The number of carboxylic acid groups (broad SMARTS) is 1. The van der Waals surface area contributed by atoms with E-state index in [9.17, 15) is 22.4 Å². The maximum absolute atomic E-state index is 13.9. The third-order valence-electron chi connectivity index (χ3n) is 7.06. The van der Waals surface area contributed by atoms with Crippen LogP contribution >= 0.6 is 22.9 Å². The molecule has 0 bridgehead atoms. The molecule has 1 aliphatic carbocycles. The summed E-state index contributed by atoms with van der Waals surface area (Å²) >= 11 is 7.74. The molecule has 3 heterocycles. The summed E-state index contributed by atoms with van der Waals surface area (Å²) in [7, 11) is -2.46. The highest BCUT2D eigenvalue weighted by atomic mass is 35.5. The topological polar surface area (TPSA) is 138 Å². The Morgan fingerprint density at radius 2 is 2.00 bits per heavy atom. The normalized spacial score (nSPS) is 22.4. The van der Waals surface area contributed by atoms with E-state index in [2.05, 4.69) is 10.3 Å². The predicted molar refractivity (Wildman–Crippen MR) is 142 cm³/mol. The summed E-state index contributed by atoms with van der Waals surface area (Å²) in [5.41, 5.74) is 1.25. The van der Waals surface area contributed by atoms with Gasteiger partial charge in [-0.25, -0.2) is 31.7 Å². The van der Waals surface area contributed by atoms with E-state index in [0.717, 1.165) is 6.07 Å². The van der Waals surface area contributed by atoms with E-state index in [1.807, 2.05) is 0 Å². The summed E-state index contributed by atoms with van der Waals surface area (Å²) < 4.78 is 46.5. The number of methoxy groups -OCH3 is 1. The number of amidine groups is 1. The molecule has 39 heavy (non-hydrogen) atoms. The van der Waals surface area contributed by atoms with Crippen molar-refractivity contribution in [3.63, 3.8) is 0 Å². The zero-order chi connectivity index (χ0) is 27.9. The lowest BCUT2D eigenvalue weighted by Gasteiger charge is -2.38. The summed E-state index contributed by atoms with van der Waals surface area (Å²) in [6.45, 7) is 0.371. The lowest BCUT2D eigenvalue weighted by atomic mass is 9.86. The van der Waals surface area contributed by atoms with Gasteiger partial charge in [0.25, 0.3) is 0 Å². The number of aliphatic imine (C=N–C) groups is 1. The van der Waals surface area contributed by atoms with Gasteiger partial charge >= 0.3 is 11.9 Å². The van der Waals surface area contributed by atoms with Crippen molar-refractivity contribution in [2.45, 2.75) is 30.6 Å². The lowest BCUT2D eigenvalue weighted by Crippen LogP contribution is -2.47. The number of halogens is 2. The number of ether oxygens (including phenoxy) is 1. The van der Waals surface area contributed by atoms with E-state index in [1.165, 1.54) is 41.0 Å². The molecular weight excluding hydrogens is 571 g/mol. The molecule has 14 heteroatoms. The maximum atomic E-state index is 13.9. The highest BCUT2D eigenvalue weighted by Crippen LogP contribution is 2.40. The minimum atomic E-state index is -3.71. The minimum Gasteiger partial charge on any atom is -0.478 e. The number of hydrogen-bond donors (Lipinski definition) is 2. The van der Waals surface area contributed by atoms with Crippen LogP contribution in [0, 0.1) is 11.7 Å². The molecule has 1 aromatic heterocycles. The first-order chi connectivity index (χ1) is 18.6. The molecule has 2 N–H and O–H groups in total. The summed E-state index contributed by atoms with van der Waals surface area (Å²) in [6.07, 6.45) is 3.65. The highest BCUT2D eigenvalue weighted by molar-refractivity contribution is 7.90. The zero-order valence-electron chi connectivity index (χ0n) is 20.6. The second-order valence-corrected chi connectivity index (χ2v) is 12.7. The smallest absolute Gasteiger partial charge is 0.338 e. The lowest BCUT2D eigenvalue weighted by molar-refractivity contribution is -0.136. The van der Waals surface area contributed by atoms with Crippen LogP contribution in [-0.2, 0) is 24.3 Å². The Hall–Kier alpha value is -3.13. The van der Waals surface area contributed by atoms with Crippen molar-refractivity contribution in [2.24, 2.45) is 10.9 Å². The van der Waals surface area contributed by atoms with Crippen molar-refractivity contribution in [1.82, 2.24) is 14.6 Å². The van der Waals surface area contributed by atoms with Crippen LogP contribution in [-0.4, -0.2) is 66.0 Å². The van der Waals surface area contributed by atoms with E-state index in [4.69, 9.17) is 26.4 Å². The van der Waals surface area contributed by atoms with Gasteiger partial charge in [0, 0.05) is 58.9 Å². The molecule has 0 unspecified atom stereocenters. The number of thiazole rings is 1. The fourth-order valence-corrected chi connectivity index (χ4v) is 7.65. The Morgan fingerprint density at radius 1 is 1.28 bits per heavy atom. The molecule has 10 nitrogen and oxygen atoms in total. The molecule has 1 fully saturated rings. The van der Waals surface area contributed by atoms with Gasteiger partial charge in [0.05, 0.1) is 17.9 Å². The largest absolute Gasteiger partial charge is 0.478 e. The summed E-state index contributed by atoms with van der Waals surface area (Å²) in [5, 5.41) is 13.9. The number of piperidine rings is 1. The van der Waals surface area contributed by atoms with Crippen molar-refractivity contribution in [2.75, 3.05) is 20.2 Å². The van der Waals surface area contributed by atoms with Crippen LogP contribution in [0.2, 0.25) is 5.02 Å². The molecule has 2 aliphatic heterocycles. The Bertz CT molecular complexity index is 1510.